The molecule has 1 heterocycles. The van der Waals surface area contributed by atoms with Gasteiger partial charge in [-0.05, 0) is 23.6 Å². The van der Waals surface area contributed by atoms with Crippen molar-refractivity contribution < 1.29 is 0 Å². The maximum Gasteiger partial charge on any atom is 0.0549 e. The van der Waals surface area contributed by atoms with Crippen molar-refractivity contribution >= 4 is 5.69 Å². The predicted molar refractivity (Wildman–Crippen MR) is 56.9 cm³/mol. The van der Waals surface area contributed by atoms with Gasteiger partial charge in [0, 0.05) is 5.69 Å². The first-order valence-electron chi connectivity index (χ1n) is 4.47. The third-order valence-corrected chi connectivity index (χ3v) is 2.48. The first-order chi connectivity index (χ1) is 6.31. The number of fused-ring (bicyclic) bond motifs is 1. The van der Waals surface area contributed by atoms with Crippen molar-refractivity contribution in [1.82, 2.24) is 0 Å². The van der Waals surface area contributed by atoms with Crippen molar-refractivity contribution in [1.29, 1.82) is 0 Å². The van der Waals surface area contributed by atoms with Crippen LogP contribution in [0.15, 0.2) is 49.1 Å². The average molecular weight is 171 g/mol. The van der Waals surface area contributed by atoms with E-state index in [0.717, 1.165) is 12.0 Å². The molecule has 1 unspecified atom stereocenters. The van der Waals surface area contributed by atoms with Crippen LogP contribution in [0.4, 0.5) is 5.69 Å². The van der Waals surface area contributed by atoms with E-state index in [2.05, 4.69) is 36.7 Å². The molecule has 0 saturated heterocycles. The molecule has 2 rings (SSSR count). The van der Waals surface area contributed by atoms with E-state index < -0.39 is 0 Å². The van der Waals surface area contributed by atoms with E-state index >= 15 is 0 Å². The molecule has 1 heteroatoms. The quantitative estimate of drug-likeness (QED) is 0.675. The van der Waals surface area contributed by atoms with E-state index in [4.69, 9.17) is 0 Å². The average Bonchev–Trinajstić information content (AvgIpc) is 2.59. The maximum absolute atomic E-state index is 3.96. The standard InChI is InChI=1S/C12H13N/c1-3-9(2)12-8-10-6-4-5-7-11(10)13-12/h3-7,12-13H,1-2,8H2. The molecule has 1 aliphatic rings. The van der Waals surface area contributed by atoms with Crippen LogP contribution in [0.2, 0.25) is 0 Å². The number of benzene rings is 1. The number of nitrogens with one attached hydrogen (secondary N) is 1. The fraction of sp³-hybridized carbons (Fsp3) is 0.167. The largest absolute Gasteiger partial charge is 0.378 e. The summed E-state index contributed by atoms with van der Waals surface area (Å²) in [5.74, 6) is 0. The maximum atomic E-state index is 3.96. The van der Waals surface area contributed by atoms with E-state index in [1.54, 1.807) is 0 Å². The minimum atomic E-state index is 0.342. The summed E-state index contributed by atoms with van der Waals surface area (Å²) in [6.45, 7) is 7.69. The Labute approximate surface area is 78.8 Å². The number of para-hydroxylation sites is 1. The molecule has 1 atom stereocenters. The van der Waals surface area contributed by atoms with Gasteiger partial charge in [-0.1, -0.05) is 37.4 Å². The van der Waals surface area contributed by atoms with Gasteiger partial charge in [-0.2, -0.15) is 0 Å². The molecule has 1 nitrogen and oxygen atoms in total. The third-order valence-electron chi connectivity index (χ3n) is 2.48. The van der Waals surface area contributed by atoms with Gasteiger partial charge >= 0.3 is 0 Å². The number of anilines is 1. The van der Waals surface area contributed by atoms with Crippen molar-refractivity contribution in [2.45, 2.75) is 12.5 Å². The summed E-state index contributed by atoms with van der Waals surface area (Å²) in [5.41, 5.74) is 3.67. The molecular weight excluding hydrogens is 158 g/mol. The molecule has 0 amide bonds. The second-order valence-corrected chi connectivity index (χ2v) is 3.34. The van der Waals surface area contributed by atoms with Crippen LogP contribution in [0.5, 0.6) is 0 Å². The smallest absolute Gasteiger partial charge is 0.0549 e. The summed E-state index contributed by atoms with van der Waals surface area (Å²) in [4.78, 5) is 0. The Bertz CT molecular complexity index is 327. The van der Waals surface area contributed by atoms with Crippen molar-refractivity contribution in [3.05, 3.63) is 54.6 Å². The highest BCUT2D eigenvalue weighted by atomic mass is 14.9. The van der Waals surface area contributed by atoms with E-state index in [0.29, 0.717) is 6.04 Å². The van der Waals surface area contributed by atoms with E-state index in [1.165, 1.54) is 11.3 Å². The SMILES string of the molecule is C=CC(=C)C1Cc2ccccc2N1. The van der Waals surface area contributed by atoms with Crippen LogP contribution in [0, 0.1) is 0 Å². The highest BCUT2D eigenvalue weighted by Gasteiger charge is 2.20. The first kappa shape index (κ1) is 8.11. The van der Waals surface area contributed by atoms with E-state index in [9.17, 15) is 0 Å². The molecule has 1 aromatic carbocycles. The predicted octanol–water partition coefficient (Wildman–Crippen LogP) is 2.77. The summed E-state index contributed by atoms with van der Waals surface area (Å²) < 4.78 is 0. The Hall–Kier alpha value is -1.50. The molecule has 13 heavy (non-hydrogen) atoms. The topological polar surface area (TPSA) is 12.0 Å². The molecular formula is C12H13N. The van der Waals surface area contributed by atoms with Crippen molar-refractivity contribution in [2.24, 2.45) is 0 Å². The van der Waals surface area contributed by atoms with Gasteiger partial charge in [0.05, 0.1) is 6.04 Å². The Morgan fingerprint density at radius 1 is 1.46 bits per heavy atom. The van der Waals surface area contributed by atoms with Gasteiger partial charge in [0.25, 0.3) is 0 Å². The molecule has 0 aromatic heterocycles. The molecule has 66 valence electrons. The van der Waals surface area contributed by atoms with Gasteiger partial charge in [0.2, 0.25) is 0 Å². The van der Waals surface area contributed by atoms with Crippen molar-refractivity contribution in [2.75, 3.05) is 5.32 Å². The molecule has 1 aromatic rings. The summed E-state index contributed by atoms with van der Waals surface area (Å²) in [7, 11) is 0. The van der Waals surface area contributed by atoms with Gasteiger partial charge in [0.15, 0.2) is 0 Å². The van der Waals surface area contributed by atoms with Gasteiger partial charge < -0.3 is 5.32 Å². The Kier molecular flexibility index (Phi) is 1.93. The van der Waals surface area contributed by atoms with E-state index in [-0.39, 0.29) is 0 Å². The molecule has 0 saturated carbocycles. The lowest BCUT2D eigenvalue weighted by atomic mass is 10.0. The molecule has 1 N–H and O–H groups in total. The number of hydrogen-bond donors (Lipinski definition) is 1. The Morgan fingerprint density at radius 3 is 2.92 bits per heavy atom. The molecule has 0 radical (unpaired) electrons. The van der Waals surface area contributed by atoms with Crippen LogP contribution in [0.1, 0.15) is 5.56 Å². The van der Waals surface area contributed by atoms with Crippen LogP contribution < -0.4 is 5.32 Å². The minimum Gasteiger partial charge on any atom is -0.378 e. The number of rotatable bonds is 2. The van der Waals surface area contributed by atoms with Crippen molar-refractivity contribution in [3.63, 3.8) is 0 Å². The minimum absolute atomic E-state index is 0.342. The Morgan fingerprint density at radius 2 is 2.23 bits per heavy atom. The van der Waals surface area contributed by atoms with Gasteiger partial charge in [-0.3, -0.25) is 0 Å². The third kappa shape index (κ3) is 1.37. The van der Waals surface area contributed by atoms with Gasteiger partial charge in [-0.25, -0.2) is 0 Å². The Balaban J connectivity index is 2.23. The lowest BCUT2D eigenvalue weighted by Gasteiger charge is -2.10. The summed E-state index contributed by atoms with van der Waals surface area (Å²) >= 11 is 0. The zero-order valence-corrected chi connectivity index (χ0v) is 7.59. The van der Waals surface area contributed by atoms with Crippen LogP contribution in [0.25, 0.3) is 0 Å². The lowest BCUT2D eigenvalue weighted by molar-refractivity contribution is 0.891. The summed E-state index contributed by atoms with van der Waals surface area (Å²) in [6.07, 6.45) is 2.85. The van der Waals surface area contributed by atoms with Crippen LogP contribution in [0.3, 0.4) is 0 Å². The fourth-order valence-corrected chi connectivity index (χ4v) is 1.66. The summed E-state index contributed by atoms with van der Waals surface area (Å²) in [5, 5.41) is 3.41. The van der Waals surface area contributed by atoms with Crippen LogP contribution >= 0.6 is 0 Å². The molecule has 0 bridgehead atoms. The molecule has 1 aliphatic heterocycles. The lowest BCUT2D eigenvalue weighted by Crippen LogP contribution is -2.16. The summed E-state index contributed by atoms with van der Waals surface area (Å²) in [6, 6.07) is 8.71. The molecule has 0 fully saturated rings. The monoisotopic (exact) mass is 171 g/mol. The zero-order chi connectivity index (χ0) is 9.26. The van der Waals surface area contributed by atoms with Gasteiger partial charge in [-0.15, -0.1) is 0 Å². The van der Waals surface area contributed by atoms with Crippen molar-refractivity contribution in [3.8, 4) is 0 Å². The second-order valence-electron chi connectivity index (χ2n) is 3.34. The zero-order valence-electron chi connectivity index (χ0n) is 7.59. The van der Waals surface area contributed by atoms with Crippen LogP contribution in [-0.2, 0) is 6.42 Å². The van der Waals surface area contributed by atoms with Gasteiger partial charge in [0.1, 0.15) is 0 Å². The van der Waals surface area contributed by atoms with E-state index in [1.807, 2.05) is 12.1 Å². The number of hydrogen-bond acceptors (Lipinski definition) is 1. The molecule has 0 spiro atoms. The second kappa shape index (κ2) is 3.09. The normalized spacial score (nSPS) is 18.9. The molecule has 0 aliphatic carbocycles. The highest BCUT2D eigenvalue weighted by molar-refractivity contribution is 5.59. The fourth-order valence-electron chi connectivity index (χ4n) is 1.66. The van der Waals surface area contributed by atoms with Crippen LogP contribution in [-0.4, -0.2) is 6.04 Å². The first-order valence-corrected chi connectivity index (χ1v) is 4.47. The highest BCUT2D eigenvalue weighted by Crippen LogP contribution is 2.27.